The van der Waals surface area contributed by atoms with E-state index in [-0.39, 0.29) is 11.8 Å². The molecule has 3 heterocycles. The molecule has 2 amide bonds. The van der Waals surface area contributed by atoms with Crippen molar-refractivity contribution in [3.63, 3.8) is 0 Å². The zero-order valence-electron chi connectivity index (χ0n) is 19.4. The van der Waals surface area contributed by atoms with E-state index in [0.29, 0.717) is 66.9 Å². The second-order valence-electron chi connectivity index (χ2n) is 9.90. The molecule has 7 heteroatoms. The summed E-state index contributed by atoms with van der Waals surface area (Å²) in [6.07, 6.45) is 8.54. The molecule has 2 aromatic rings. The third-order valence-corrected chi connectivity index (χ3v) is 7.53. The van der Waals surface area contributed by atoms with Gasteiger partial charge in [0.05, 0.1) is 0 Å². The van der Waals surface area contributed by atoms with Crippen molar-refractivity contribution in [3.8, 4) is 0 Å². The number of nitrogens with one attached hydrogen (secondary N) is 1. The standard InChI is InChI=1S/C25H37N5O2/c1-17(2)20-7-4-3-6-19(20)15-27-24(31)22-8-5-9-23-28-21(16-30(22)23)25(32)29-12-10-18(14-26)11-13-29/h5,8-9,16-20H,3-4,6-7,10-15,26H2,1-2H3,(H,27,31)/t19-,20?/m0/s1. The highest BCUT2D eigenvalue weighted by molar-refractivity contribution is 5.95. The van der Waals surface area contributed by atoms with Gasteiger partial charge in [-0.3, -0.25) is 14.0 Å². The summed E-state index contributed by atoms with van der Waals surface area (Å²) in [5.41, 5.74) is 7.30. The number of hydrogen-bond acceptors (Lipinski definition) is 4. The van der Waals surface area contributed by atoms with Crippen LogP contribution in [-0.2, 0) is 0 Å². The van der Waals surface area contributed by atoms with Crippen LogP contribution in [-0.4, -0.2) is 52.3 Å². The van der Waals surface area contributed by atoms with Gasteiger partial charge < -0.3 is 16.0 Å². The molecule has 2 aliphatic rings. The summed E-state index contributed by atoms with van der Waals surface area (Å²) in [6.45, 7) is 7.37. The van der Waals surface area contributed by atoms with Gasteiger partial charge in [-0.25, -0.2) is 4.98 Å². The van der Waals surface area contributed by atoms with Crippen molar-refractivity contribution in [1.29, 1.82) is 0 Å². The lowest BCUT2D eigenvalue weighted by molar-refractivity contribution is 0.0687. The monoisotopic (exact) mass is 439 g/mol. The van der Waals surface area contributed by atoms with Crippen molar-refractivity contribution in [2.45, 2.75) is 52.4 Å². The maximum absolute atomic E-state index is 13.1. The Hall–Kier alpha value is -2.41. The summed E-state index contributed by atoms with van der Waals surface area (Å²) in [5, 5.41) is 3.16. The summed E-state index contributed by atoms with van der Waals surface area (Å²) < 4.78 is 1.75. The number of hydrogen-bond donors (Lipinski definition) is 2. The van der Waals surface area contributed by atoms with Gasteiger partial charge in [0.25, 0.3) is 11.8 Å². The van der Waals surface area contributed by atoms with Gasteiger partial charge in [-0.05, 0) is 68.0 Å². The van der Waals surface area contributed by atoms with Gasteiger partial charge in [-0.15, -0.1) is 0 Å². The lowest BCUT2D eigenvalue weighted by atomic mass is 9.73. The molecule has 0 aromatic carbocycles. The molecule has 2 aromatic heterocycles. The van der Waals surface area contributed by atoms with Gasteiger partial charge in [0.2, 0.25) is 0 Å². The largest absolute Gasteiger partial charge is 0.350 e. The Bertz CT molecular complexity index is 945. The highest BCUT2D eigenvalue weighted by atomic mass is 16.2. The van der Waals surface area contributed by atoms with Gasteiger partial charge in [0.15, 0.2) is 0 Å². The van der Waals surface area contributed by atoms with E-state index in [0.717, 1.165) is 12.8 Å². The van der Waals surface area contributed by atoms with Gasteiger partial charge in [-0.1, -0.05) is 32.8 Å². The Balaban J connectivity index is 1.46. The number of pyridine rings is 1. The number of likely N-dealkylation sites (tertiary alicyclic amines) is 1. The van der Waals surface area contributed by atoms with Crippen molar-refractivity contribution < 1.29 is 9.59 Å². The van der Waals surface area contributed by atoms with E-state index in [2.05, 4.69) is 24.1 Å². The zero-order chi connectivity index (χ0) is 22.7. The molecule has 1 saturated carbocycles. The van der Waals surface area contributed by atoms with E-state index in [4.69, 9.17) is 5.73 Å². The minimum atomic E-state index is -0.108. The second kappa shape index (κ2) is 10.0. The lowest BCUT2D eigenvalue weighted by Crippen LogP contribution is -2.40. The molecule has 3 N–H and O–H groups in total. The molecule has 1 saturated heterocycles. The maximum Gasteiger partial charge on any atom is 0.274 e. The van der Waals surface area contributed by atoms with Crippen LogP contribution in [0.2, 0.25) is 0 Å². The van der Waals surface area contributed by atoms with Crippen molar-refractivity contribution in [1.82, 2.24) is 19.6 Å². The highest BCUT2D eigenvalue weighted by Gasteiger charge is 2.28. The van der Waals surface area contributed by atoms with Gasteiger partial charge in [0.1, 0.15) is 17.0 Å². The Morgan fingerprint density at radius 2 is 1.91 bits per heavy atom. The molecule has 4 rings (SSSR count). The molecular weight excluding hydrogens is 402 g/mol. The highest BCUT2D eigenvalue weighted by Crippen LogP contribution is 2.34. The molecule has 0 radical (unpaired) electrons. The zero-order valence-corrected chi connectivity index (χ0v) is 19.4. The molecule has 32 heavy (non-hydrogen) atoms. The number of nitrogens with two attached hydrogens (primary N) is 1. The molecule has 2 atom stereocenters. The predicted molar refractivity (Wildman–Crippen MR) is 125 cm³/mol. The number of amides is 2. The predicted octanol–water partition coefficient (Wildman–Crippen LogP) is 3.34. The van der Waals surface area contributed by atoms with Gasteiger partial charge in [0, 0.05) is 25.8 Å². The fourth-order valence-corrected chi connectivity index (χ4v) is 5.51. The first kappa shape index (κ1) is 22.8. The minimum Gasteiger partial charge on any atom is -0.350 e. The van der Waals surface area contributed by atoms with Crippen LogP contribution in [0.3, 0.4) is 0 Å². The number of aromatic nitrogens is 2. The molecule has 1 unspecified atom stereocenters. The number of fused-ring (bicyclic) bond motifs is 1. The van der Waals surface area contributed by atoms with Crippen LogP contribution in [0.25, 0.3) is 5.65 Å². The summed E-state index contributed by atoms with van der Waals surface area (Å²) in [6, 6.07) is 5.46. The maximum atomic E-state index is 13.1. The molecular formula is C25H37N5O2. The fraction of sp³-hybridized carbons (Fsp3) is 0.640. The minimum absolute atomic E-state index is 0.0717. The quantitative estimate of drug-likeness (QED) is 0.722. The van der Waals surface area contributed by atoms with Crippen molar-refractivity contribution in [2.24, 2.45) is 29.4 Å². The fourth-order valence-electron chi connectivity index (χ4n) is 5.51. The summed E-state index contributed by atoms with van der Waals surface area (Å²) >= 11 is 0. The molecule has 1 aliphatic heterocycles. The molecule has 0 spiro atoms. The van der Waals surface area contributed by atoms with Crippen LogP contribution in [0.4, 0.5) is 0 Å². The third-order valence-electron chi connectivity index (χ3n) is 7.53. The van der Waals surface area contributed by atoms with Crippen LogP contribution in [0.1, 0.15) is 73.3 Å². The Morgan fingerprint density at radius 3 is 2.62 bits per heavy atom. The van der Waals surface area contributed by atoms with Gasteiger partial charge in [-0.2, -0.15) is 0 Å². The van der Waals surface area contributed by atoms with Crippen LogP contribution < -0.4 is 11.1 Å². The van der Waals surface area contributed by atoms with E-state index in [1.165, 1.54) is 25.7 Å². The number of rotatable bonds is 6. The SMILES string of the molecule is CC(C)C1CCCC[C@H]1CNC(=O)c1cccc2nc(C(=O)N3CCC(CN)CC3)cn12. The summed E-state index contributed by atoms with van der Waals surface area (Å²) in [5.74, 6) is 2.15. The van der Waals surface area contributed by atoms with Gasteiger partial charge >= 0.3 is 0 Å². The van der Waals surface area contributed by atoms with Crippen molar-refractivity contribution in [3.05, 3.63) is 35.8 Å². The Labute approximate surface area is 190 Å². The van der Waals surface area contributed by atoms with Crippen molar-refractivity contribution >= 4 is 17.5 Å². The van der Waals surface area contributed by atoms with E-state index in [1.807, 2.05) is 17.0 Å². The molecule has 7 nitrogen and oxygen atoms in total. The third kappa shape index (κ3) is 4.82. The molecule has 1 aliphatic carbocycles. The number of nitrogens with zero attached hydrogens (tertiary/aromatic N) is 3. The summed E-state index contributed by atoms with van der Waals surface area (Å²) in [4.78, 5) is 32.4. The van der Waals surface area contributed by atoms with Crippen molar-refractivity contribution in [2.75, 3.05) is 26.2 Å². The average Bonchev–Trinajstić information content (AvgIpc) is 3.26. The normalized spacial score (nSPS) is 22.4. The van der Waals surface area contributed by atoms with E-state index < -0.39 is 0 Å². The van der Waals surface area contributed by atoms with Crippen LogP contribution in [0.5, 0.6) is 0 Å². The Kier molecular flexibility index (Phi) is 7.13. The first-order valence-electron chi connectivity index (χ1n) is 12.2. The number of carbonyl (C=O) groups is 2. The molecule has 0 bridgehead atoms. The topological polar surface area (TPSA) is 92.7 Å². The molecule has 2 fully saturated rings. The first-order valence-corrected chi connectivity index (χ1v) is 12.2. The smallest absolute Gasteiger partial charge is 0.274 e. The first-order chi connectivity index (χ1) is 15.5. The lowest BCUT2D eigenvalue weighted by Gasteiger charge is -2.34. The second-order valence-corrected chi connectivity index (χ2v) is 9.90. The molecule has 174 valence electrons. The van der Waals surface area contributed by atoms with Crippen LogP contribution >= 0.6 is 0 Å². The van der Waals surface area contributed by atoms with Crippen LogP contribution in [0.15, 0.2) is 24.4 Å². The summed E-state index contributed by atoms with van der Waals surface area (Å²) in [7, 11) is 0. The van der Waals surface area contributed by atoms with E-state index in [9.17, 15) is 9.59 Å². The average molecular weight is 440 g/mol. The van der Waals surface area contributed by atoms with Crippen LogP contribution in [0, 0.1) is 23.7 Å². The Morgan fingerprint density at radius 1 is 1.16 bits per heavy atom. The van der Waals surface area contributed by atoms with E-state index in [1.54, 1.807) is 16.7 Å². The van der Waals surface area contributed by atoms with E-state index >= 15 is 0 Å². The number of carbonyl (C=O) groups excluding carboxylic acids is 2. The number of imidazole rings is 1. The number of piperidine rings is 1.